The molecule has 0 N–H and O–H groups in total. The predicted molar refractivity (Wildman–Crippen MR) is 110 cm³/mol. The number of carbonyl (C=O) groups is 1. The number of fused-ring (bicyclic) bond motifs is 1. The zero-order valence-corrected chi connectivity index (χ0v) is 17.7. The molecular weight excluding hydrogens is 372 g/mol. The van der Waals surface area contributed by atoms with Crippen molar-refractivity contribution >= 4 is 6.09 Å². The average molecular weight is 400 g/mol. The number of carbonyl (C=O) groups excluding carboxylic acids is 1. The summed E-state index contributed by atoms with van der Waals surface area (Å²) in [6, 6.07) is 9.79. The molecule has 0 fully saturated rings. The van der Waals surface area contributed by atoms with Gasteiger partial charge in [0.15, 0.2) is 23.0 Å². The average Bonchev–Trinajstić information content (AvgIpc) is 2.73. The second-order valence-corrected chi connectivity index (χ2v) is 7.18. The topological polar surface area (TPSA) is 60.5 Å². The summed E-state index contributed by atoms with van der Waals surface area (Å²) >= 11 is 0. The minimum atomic E-state index is -0.437. The molecule has 1 aliphatic rings. The molecule has 1 heterocycles. The Hall–Kier alpha value is -2.93. The summed E-state index contributed by atoms with van der Waals surface area (Å²) in [7, 11) is 8.17. The van der Waals surface area contributed by atoms with Crippen LogP contribution in [0.1, 0.15) is 16.7 Å². The third kappa shape index (κ3) is 4.74. The molecule has 0 bridgehead atoms. The van der Waals surface area contributed by atoms with Gasteiger partial charge in [0.25, 0.3) is 0 Å². The normalized spacial score (nSPS) is 13.4. The van der Waals surface area contributed by atoms with Crippen LogP contribution in [0.2, 0.25) is 0 Å². The summed E-state index contributed by atoms with van der Waals surface area (Å²) in [5.41, 5.74) is 3.63. The van der Waals surface area contributed by atoms with Crippen LogP contribution in [0.4, 0.5) is 4.79 Å². The smallest absolute Gasteiger partial charge is 0.414 e. The molecule has 0 spiro atoms. The number of hydrogen-bond donors (Lipinski definition) is 0. The van der Waals surface area contributed by atoms with Crippen molar-refractivity contribution in [2.75, 3.05) is 42.0 Å². The van der Waals surface area contributed by atoms with E-state index in [1.54, 1.807) is 41.5 Å². The molecule has 0 unspecified atom stereocenters. The highest BCUT2D eigenvalue weighted by molar-refractivity contribution is 5.71. The Morgan fingerprint density at radius 1 is 0.931 bits per heavy atom. The van der Waals surface area contributed by atoms with Crippen molar-refractivity contribution in [2.45, 2.75) is 19.5 Å². The van der Waals surface area contributed by atoms with Crippen LogP contribution in [0.3, 0.4) is 0 Å². The number of hydrogen-bond acceptors (Lipinski definition) is 6. The summed E-state index contributed by atoms with van der Waals surface area (Å²) in [4.78, 5) is 15.6. The maximum absolute atomic E-state index is 11.8. The number of nitrogens with zero attached hydrogens (tertiary/aromatic N) is 2. The lowest BCUT2D eigenvalue weighted by atomic mass is 9.98. The van der Waals surface area contributed by atoms with Gasteiger partial charge < -0.3 is 23.8 Å². The zero-order chi connectivity index (χ0) is 21.0. The minimum absolute atomic E-state index is 0.413. The Morgan fingerprint density at radius 3 is 2.17 bits per heavy atom. The van der Waals surface area contributed by atoms with E-state index in [9.17, 15) is 4.79 Å². The Morgan fingerprint density at radius 2 is 1.55 bits per heavy atom. The first-order valence-electron chi connectivity index (χ1n) is 9.47. The van der Waals surface area contributed by atoms with Crippen LogP contribution in [-0.4, -0.2) is 57.9 Å². The quantitative estimate of drug-likeness (QED) is 0.741. The monoisotopic (exact) mass is 400 g/mol. The summed E-state index contributed by atoms with van der Waals surface area (Å²) in [5, 5.41) is 0. The van der Waals surface area contributed by atoms with Crippen LogP contribution >= 0.6 is 0 Å². The second kappa shape index (κ2) is 9.05. The zero-order valence-electron chi connectivity index (χ0n) is 17.7. The van der Waals surface area contributed by atoms with Crippen LogP contribution in [-0.2, 0) is 19.5 Å². The van der Waals surface area contributed by atoms with Crippen LogP contribution in [0.25, 0.3) is 0 Å². The fraction of sp³-hybridized carbons (Fsp3) is 0.409. The number of ether oxygens (including phenoxy) is 4. The first kappa shape index (κ1) is 20.8. The Balaban J connectivity index is 1.73. The molecule has 2 aromatic carbocycles. The Kier molecular flexibility index (Phi) is 6.49. The van der Waals surface area contributed by atoms with E-state index in [0.29, 0.717) is 11.5 Å². The van der Waals surface area contributed by atoms with E-state index in [1.165, 1.54) is 16.0 Å². The van der Waals surface area contributed by atoms with Crippen molar-refractivity contribution in [1.29, 1.82) is 0 Å². The summed E-state index contributed by atoms with van der Waals surface area (Å²) in [6.45, 7) is 2.55. The van der Waals surface area contributed by atoms with Crippen LogP contribution in [0.5, 0.6) is 23.0 Å². The van der Waals surface area contributed by atoms with Gasteiger partial charge in [0.2, 0.25) is 0 Å². The first-order chi connectivity index (χ1) is 13.9. The van der Waals surface area contributed by atoms with Crippen LogP contribution < -0.4 is 18.9 Å². The van der Waals surface area contributed by atoms with E-state index in [2.05, 4.69) is 17.0 Å². The predicted octanol–water partition coefficient (Wildman–Crippen LogP) is 3.33. The number of methoxy groups -OCH3 is 3. The second-order valence-electron chi connectivity index (χ2n) is 7.18. The van der Waals surface area contributed by atoms with Crippen molar-refractivity contribution in [2.24, 2.45) is 0 Å². The first-order valence-corrected chi connectivity index (χ1v) is 9.47. The maximum atomic E-state index is 11.8. The lowest BCUT2D eigenvalue weighted by Gasteiger charge is -2.29. The van der Waals surface area contributed by atoms with Gasteiger partial charge in [-0.3, -0.25) is 4.90 Å². The van der Waals surface area contributed by atoms with E-state index < -0.39 is 6.09 Å². The Labute approximate surface area is 171 Å². The van der Waals surface area contributed by atoms with E-state index in [-0.39, 0.29) is 0 Å². The third-order valence-corrected chi connectivity index (χ3v) is 4.99. The largest absolute Gasteiger partial charge is 0.493 e. The molecule has 7 heteroatoms. The fourth-order valence-corrected chi connectivity index (χ4v) is 3.41. The molecule has 3 rings (SSSR count). The molecule has 0 saturated heterocycles. The van der Waals surface area contributed by atoms with Crippen molar-refractivity contribution in [3.63, 3.8) is 0 Å². The highest BCUT2D eigenvalue weighted by Crippen LogP contribution is 2.34. The number of benzene rings is 2. The van der Waals surface area contributed by atoms with Gasteiger partial charge in [0.05, 0.1) is 21.3 Å². The van der Waals surface area contributed by atoms with Gasteiger partial charge in [-0.05, 0) is 47.4 Å². The number of rotatable bonds is 6. The highest BCUT2D eigenvalue weighted by atomic mass is 16.6. The molecule has 1 amide bonds. The van der Waals surface area contributed by atoms with Gasteiger partial charge in [0.1, 0.15) is 0 Å². The maximum Gasteiger partial charge on any atom is 0.414 e. The molecule has 2 aromatic rings. The molecule has 0 saturated carbocycles. The molecule has 0 aliphatic carbocycles. The van der Waals surface area contributed by atoms with Crippen molar-refractivity contribution in [1.82, 2.24) is 9.80 Å². The van der Waals surface area contributed by atoms with Crippen molar-refractivity contribution in [3.05, 3.63) is 47.0 Å². The fourth-order valence-electron chi connectivity index (χ4n) is 3.41. The Bertz CT molecular complexity index is 882. The van der Waals surface area contributed by atoms with E-state index in [1.807, 2.05) is 12.1 Å². The molecule has 7 nitrogen and oxygen atoms in total. The highest BCUT2D eigenvalue weighted by Gasteiger charge is 2.20. The van der Waals surface area contributed by atoms with Crippen LogP contribution in [0.15, 0.2) is 30.3 Å². The molecule has 0 atom stereocenters. The summed E-state index contributed by atoms with van der Waals surface area (Å²) in [5.74, 6) is 2.48. The van der Waals surface area contributed by atoms with Crippen molar-refractivity contribution in [3.8, 4) is 23.0 Å². The van der Waals surface area contributed by atoms with Gasteiger partial charge in [-0.15, -0.1) is 0 Å². The summed E-state index contributed by atoms with van der Waals surface area (Å²) in [6.07, 6.45) is 0.513. The third-order valence-electron chi connectivity index (χ3n) is 4.99. The molecule has 156 valence electrons. The molecule has 29 heavy (non-hydrogen) atoms. The van der Waals surface area contributed by atoms with E-state index in [4.69, 9.17) is 18.9 Å². The summed E-state index contributed by atoms with van der Waals surface area (Å²) < 4.78 is 21.6. The standard InChI is InChI=1S/C22H28N2O5/c1-23(2)22(25)29-18-7-6-15(10-19(18)26-3)13-24-9-8-16-11-20(27-4)21(28-5)12-17(16)14-24/h6-7,10-12H,8-9,13-14H2,1-5H3. The minimum Gasteiger partial charge on any atom is -0.493 e. The molecule has 0 aromatic heterocycles. The van der Waals surface area contributed by atoms with Gasteiger partial charge in [0, 0.05) is 33.7 Å². The lowest BCUT2D eigenvalue weighted by molar-refractivity contribution is 0.170. The van der Waals surface area contributed by atoms with Gasteiger partial charge in [-0.2, -0.15) is 0 Å². The molecule has 1 aliphatic heterocycles. The van der Waals surface area contributed by atoms with Crippen molar-refractivity contribution < 1.29 is 23.7 Å². The van der Waals surface area contributed by atoms with Gasteiger partial charge in [-0.1, -0.05) is 6.07 Å². The lowest BCUT2D eigenvalue weighted by Crippen LogP contribution is -2.30. The van der Waals surface area contributed by atoms with E-state index in [0.717, 1.165) is 43.1 Å². The van der Waals surface area contributed by atoms with Crippen LogP contribution in [0, 0.1) is 0 Å². The van der Waals surface area contributed by atoms with Gasteiger partial charge >= 0.3 is 6.09 Å². The number of amides is 1. The SMILES string of the molecule is COc1cc2c(cc1OC)CN(Cc1ccc(OC(=O)N(C)C)c(OC)c1)CC2. The molecule has 0 radical (unpaired) electrons. The van der Waals surface area contributed by atoms with Gasteiger partial charge in [-0.25, -0.2) is 4.79 Å². The molecular formula is C22H28N2O5. The van der Waals surface area contributed by atoms with E-state index >= 15 is 0 Å².